The first kappa shape index (κ1) is 19.8. The Morgan fingerprint density at radius 1 is 1.15 bits per heavy atom. The minimum absolute atomic E-state index is 0.138. The first-order valence-electron chi connectivity index (χ1n) is 8.54. The van der Waals surface area contributed by atoms with Gasteiger partial charge in [-0.15, -0.1) is 13.2 Å². The van der Waals surface area contributed by atoms with Gasteiger partial charge in [0, 0.05) is 36.8 Å². The van der Waals surface area contributed by atoms with E-state index in [1.165, 1.54) is 12.1 Å². The molecular weight excluding hydrogens is 381 g/mol. The number of rotatable bonds is 4. The number of halogens is 4. The Kier molecular flexibility index (Phi) is 5.83. The molecule has 1 saturated heterocycles. The summed E-state index contributed by atoms with van der Waals surface area (Å²) in [6, 6.07) is 8.79. The van der Waals surface area contributed by atoms with Gasteiger partial charge >= 0.3 is 6.36 Å². The van der Waals surface area contributed by atoms with Crippen molar-refractivity contribution in [1.29, 1.82) is 0 Å². The van der Waals surface area contributed by atoms with Gasteiger partial charge in [0.2, 0.25) is 0 Å². The molecule has 27 heavy (non-hydrogen) atoms. The molecule has 1 atom stereocenters. The van der Waals surface area contributed by atoms with Gasteiger partial charge in [0.05, 0.1) is 6.04 Å². The number of hydrogen-bond donors (Lipinski definition) is 2. The second-order valence-corrected chi connectivity index (χ2v) is 6.90. The number of nitrogens with zero attached hydrogens (tertiary/aromatic N) is 1. The largest absolute Gasteiger partial charge is 0.573 e. The highest BCUT2D eigenvalue weighted by atomic mass is 35.5. The first-order chi connectivity index (χ1) is 12.7. The van der Waals surface area contributed by atoms with Gasteiger partial charge in [-0.05, 0) is 42.3 Å². The molecule has 1 aliphatic rings. The van der Waals surface area contributed by atoms with E-state index in [4.69, 9.17) is 11.6 Å². The number of aromatic hydroxyl groups is 1. The molecule has 1 fully saturated rings. The smallest absolute Gasteiger partial charge is 0.507 e. The standard InChI is InChI=1S/C19H20ClF3N2O2/c1-12-10-14(20)11-16(18(12)26)17(25-8-6-24-7-9-25)13-2-4-15(5-3-13)27-19(21,22)23/h2-5,10-11,17,24,26H,6-9H2,1H3/t17-/m1/s1. The molecule has 146 valence electrons. The van der Waals surface area contributed by atoms with Crippen molar-refractivity contribution in [3.8, 4) is 11.5 Å². The van der Waals surface area contributed by atoms with Crippen molar-refractivity contribution in [3.63, 3.8) is 0 Å². The molecule has 0 bridgehead atoms. The van der Waals surface area contributed by atoms with Crippen molar-refractivity contribution in [2.75, 3.05) is 26.2 Å². The minimum atomic E-state index is -4.73. The zero-order valence-electron chi connectivity index (χ0n) is 14.7. The third-order valence-corrected chi connectivity index (χ3v) is 4.75. The van der Waals surface area contributed by atoms with Crippen molar-refractivity contribution in [3.05, 3.63) is 58.1 Å². The molecule has 2 aromatic carbocycles. The fourth-order valence-electron chi connectivity index (χ4n) is 3.35. The summed E-state index contributed by atoms with van der Waals surface area (Å²) in [6.07, 6.45) is -4.73. The number of aryl methyl sites for hydroxylation is 1. The number of phenolic OH excluding ortho intramolecular Hbond substituents is 1. The molecule has 0 saturated carbocycles. The van der Waals surface area contributed by atoms with Crippen LogP contribution in [0.5, 0.6) is 11.5 Å². The van der Waals surface area contributed by atoms with E-state index in [0.29, 0.717) is 16.1 Å². The van der Waals surface area contributed by atoms with Crippen LogP contribution in [0.2, 0.25) is 5.02 Å². The lowest BCUT2D eigenvalue weighted by molar-refractivity contribution is -0.274. The van der Waals surface area contributed by atoms with Crippen LogP contribution in [0.1, 0.15) is 22.7 Å². The van der Waals surface area contributed by atoms with Crippen molar-refractivity contribution in [1.82, 2.24) is 10.2 Å². The predicted octanol–water partition coefficient (Wildman–Crippen LogP) is 4.25. The number of nitrogens with one attached hydrogen (secondary N) is 1. The van der Waals surface area contributed by atoms with E-state index in [0.717, 1.165) is 31.7 Å². The van der Waals surface area contributed by atoms with E-state index in [1.54, 1.807) is 31.2 Å². The van der Waals surface area contributed by atoms with Crippen LogP contribution in [-0.4, -0.2) is 42.5 Å². The molecule has 0 radical (unpaired) electrons. The number of piperazine rings is 1. The molecule has 1 heterocycles. The van der Waals surface area contributed by atoms with Crippen LogP contribution < -0.4 is 10.1 Å². The molecule has 0 unspecified atom stereocenters. The van der Waals surface area contributed by atoms with Gasteiger partial charge in [-0.1, -0.05) is 23.7 Å². The number of hydrogen-bond acceptors (Lipinski definition) is 4. The van der Waals surface area contributed by atoms with Crippen LogP contribution in [0.4, 0.5) is 13.2 Å². The van der Waals surface area contributed by atoms with Gasteiger partial charge in [-0.25, -0.2) is 0 Å². The Morgan fingerprint density at radius 2 is 1.78 bits per heavy atom. The summed E-state index contributed by atoms with van der Waals surface area (Å²) in [7, 11) is 0. The normalized spacial score (nSPS) is 16.9. The van der Waals surface area contributed by atoms with Crippen molar-refractivity contribution < 1.29 is 23.0 Å². The highest BCUT2D eigenvalue weighted by molar-refractivity contribution is 6.30. The predicted molar refractivity (Wildman–Crippen MR) is 97.3 cm³/mol. The van der Waals surface area contributed by atoms with Crippen LogP contribution in [-0.2, 0) is 0 Å². The number of alkyl halides is 3. The Bertz CT molecular complexity index is 791. The van der Waals surface area contributed by atoms with Gasteiger partial charge in [0.1, 0.15) is 11.5 Å². The SMILES string of the molecule is Cc1cc(Cl)cc([C@@H](c2ccc(OC(F)(F)F)cc2)N2CCNCC2)c1O. The maximum atomic E-state index is 12.4. The van der Waals surface area contributed by atoms with Crippen molar-refractivity contribution >= 4 is 11.6 Å². The second-order valence-electron chi connectivity index (χ2n) is 6.47. The number of ether oxygens (including phenoxy) is 1. The van der Waals surface area contributed by atoms with Crippen molar-refractivity contribution in [2.24, 2.45) is 0 Å². The summed E-state index contributed by atoms with van der Waals surface area (Å²) in [5, 5.41) is 14.4. The average molecular weight is 401 g/mol. The van der Waals surface area contributed by atoms with Crippen LogP contribution in [0, 0.1) is 6.92 Å². The summed E-state index contributed by atoms with van der Waals surface area (Å²) >= 11 is 6.20. The Hall–Kier alpha value is -1.96. The molecule has 2 N–H and O–H groups in total. The summed E-state index contributed by atoms with van der Waals surface area (Å²) in [4.78, 5) is 2.17. The van der Waals surface area contributed by atoms with Crippen molar-refractivity contribution in [2.45, 2.75) is 19.3 Å². The van der Waals surface area contributed by atoms with E-state index in [1.807, 2.05) is 0 Å². The molecule has 4 nitrogen and oxygen atoms in total. The number of phenols is 1. The molecule has 0 spiro atoms. The van der Waals surface area contributed by atoms with Gasteiger partial charge in [0.25, 0.3) is 0 Å². The highest BCUT2D eigenvalue weighted by Gasteiger charge is 2.32. The Morgan fingerprint density at radius 3 is 2.37 bits per heavy atom. The molecule has 0 aliphatic carbocycles. The molecule has 0 amide bonds. The summed E-state index contributed by atoms with van der Waals surface area (Å²) in [6.45, 7) is 4.80. The van der Waals surface area contributed by atoms with Crippen LogP contribution in [0.25, 0.3) is 0 Å². The van der Waals surface area contributed by atoms with Crippen LogP contribution >= 0.6 is 11.6 Å². The monoisotopic (exact) mass is 400 g/mol. The maximum absolute atomic E-state index is 12.4. The summed E-state index contributed by atoms with van der Waals surface area (Å²) in [5.74, 6) is -0.143. The van der Waals surface area contributed by atoms with Gasteiger partial charge in [-0.3, -0.25) is 4.90 Å². The fraction of sp³-hybridized carbons (Fsp3) is 0.368. The zero-order chi connectivity index (χ0) is 19.6. The quantitative estimate of drug-likeness (QED) is 0.805. The van der Waals surface area contributed by atoms with E-state index in [2.05, 4.69) is 15.0 Å². The van der Waals surface area contributed by atoms with Gasteiger partial charge in [-0.2, -0.15) is 0 Å². The molecule has 2 aromatic rings. The molecule has 3 rings (SSSR count). The lowest BCUT2D eigenvalue weighted by Gasteiger charge is -2.36. The Labute approximate surface area is 160 Å². The van der Waals surface area contributed by atoms with E-state index >= 15 is 0 Å². The maximum Gasteiger partial charge on any atom is 0.573 e. The van der Waals surface area contributed by atoms with E-state index in [-0.39, 0.29) is 17.5 Å². The third kappa shape index (κ3) is 4.86. The topological polar surface area (TPSA) is 44.7 Å². The van der Waals surface area contributed by atoms with Gasteiger partial charge < -0.3 is 15.2 Å². The highest BCUT2D eigenvalue weighted by Crippen LogP contribution is 2.38. The molecule has 8 heteroatoms. The molecule has 0 aromatic heterocycles. The lowest BCUT2D eigenvalue weighted by atomic mass is 9.94. The molecule has 1 aliphatic heterocycles. The Balaban J connectivity index is 2.00. The van der Waals surface area contributed by atoms with E-state index < -0.39 is 6.36 Å². The van der Waals surface area contributed by atoms with E-state index in [9.17, 15) is 18.3 Å². The fourth-order valence-corrected chi connectivity index (χ4v) is 3.63. The van der Waals surface area contributed by atoms with Crippen LogP contribution in [0.15, 0.2) is 36.4 Å². The minimum Gasteiger partial charge on any atom is -0.507 e. The summed E-state index contributed by atoms with van der Waals surface area (Å²) < 4.78 is 41.2. The number of benzene rings is 2. The second kappa shape index (κ2) is 7.96. The average Bonchev–Trinajstić information content (AvgIpc) is 2.60. The lowest BCUT2D eigenvalue weighted by Crippen LogP contribution is -2.45. The zero-order valence-corrected chi connectivity index (χ0v) is 15.4. The van der Waals surface area contributed by atoms with Crippen LogP contribution in [0.3, 0.4) is 0 Å². The molecular formula is C19H20ClF3N2O2. The van der Waals surface area contributed by atoms with Gasteiger partial charge in [0.15, 0.2) is 0 Å². The third-order valence-electron chi connectivity index (χ3n) is 4.54. The summed E-state index contributed by atoms with van der Waals surface area (Å²) in [5.41, 5.74) is 2.03. The first-order valence-corrected chi connectivity index (χ1v) is 8.92.